The molecule has 1 amide bonds. The SMILES string of the molecule is CNc1ccc(C(=O)N(C)c2cccc(C)c2)cc1C. The van der Waals surface area contributed by atoms with Crippen molar-refractivity contribution in [3.63, 3.8) is 0 Å². The minimum Gasteiger partial charge on any atom is -0.388 e. The van der Waals surface area contributed by atoms with Gasteiger partial charge in [0.05, 0.1) is 0 Å². The number of anilines is 2. The van der Waals surface area contributed by atoms with Gasteiger partial charge in [-0.25, -0.2) is 0 Å². The van der Waals surface area contributed by atoms with Crippen LogP contribution in [0.1, 0.15) is 21.5 Å². The molecule has 3 heteroatoms. The third kappa shape index (κ3) is 2.82. The lowest BCUT2D eigenvalue weighted by molar-refractivity contribution is 0.0993. The van der Waals surface area contributed by atoms with Crippen molar-refractivity contribution in [3.05, 3.63) is 59.2 Å². The second-order valence-electron chi connectivity index (χ2n) is 4.98. The fourth-order valence-electron chi connectivity index (χ4n) is 2.22. The minimum absolute atomic E-state index is 0.00125. The first kappa shape index (κ1) is 14.1. The monoisotopic (exact) mass is 268 g/mol. The van der Waals surface area contributed by atoms with Gasteiger partial charge in [0.15, 0.2) is 0 Å². The second kappa shape index (κ2) is 5.78. The number of rotatable bonds is 3. The smallest absolute Gasteiger partial charge is 0.258 e. The molecule has 1 N–H and O–H groups in total. The molecule has 0 aromatic heterocycles. The van der Waals surface area contributed by atoms with E-state index < -0.39 is 0 Å². The molecule has 0 aliphatic rings. The molecule has 3 nitrogen and oxygen atoms in total. The molecule has 0 aliphatic heterocycles. The number of benzene rings is 2. The summed E-state index contributed by atoms with van der Waals surface area (Å²) in [6.07, 6.45) is 0. The lowest BCUT2D eigenvalue weighted by Gasteiger charge is -2.18. The summed E-state index contributed by atoms with van der Waals surface area (Å²) in [5, 5.41) is 3.10. The first-order valence-corrected chi connectivity index (χ1v) is 6.66. The van der Waals surface area contributed by atoms with E-state index in [1.54, 1.807) is 11.9 Å². The van der Waals surface area contributed by atoms with Gasteiger partial charge in [0.25, 0.3) is 5.91 Å². The molecule has 0 bridgehead atoms. The van der Waals surface area contributed by atoms with Gasteiger partial charge in [-0.05, 0) is 55.3 Å². The lowest BCUT2D eigenvalue weighted by Crippen LogP contribution is -2.26. The Bertz CT molecular complexity index is 635. The van der Waals surface area contributed by atoms with E-state index in [9.17, 15) is 4.79 Å². The second-order valence-corrected chi connectivity index (χ2v) is 4.98. The van der Waals surface area contributed by atoms with E-state index in [4.69, 9.17) is 0 Å². The third-order valence-electron chi connectivity index (χ3n) is 3.44. The molecule has 0 spiro atoms. The topological polar surface area (TPSA) is 32.3 Å². The molecule has 2 aromatic rings. The van der Waals surface area contributed by atoms with Crippen LogP contribution in [-0.2, 0) is 0 Å². The van der Waals surface area contributed by atoms with E-state index in [1.165, 1.54) is 0 Å². The predicted octanol–water partition coefficient (Wildman–Crippen LogP) is 3.62. The molecule has 0 unspecified atom stereocenters. The number of nitrogens with one attached hydrogen (secondary N) is 1. The molecule has 20 heavy (non-hydrogen) atoms. The Labute approximate surface area is 120 Å². The lowest BCUT2D eigenvalue weighted by atomic mass is 10.1. The maximum atomic E-state index is 12.5. The number of carbonyl (C=O) groups excluding carboxylic acids is 1. The Morgan fingerprint density at radius 2 is 1.85 bits per heavy atom. The van der Waals surface area contributed by atoms with Crippen LogP contribution in [0.15, 0.2) is 42.5 Å². The number of carbonyl (C=O) groups is 1. The van der Waals surface area contributed by atoms with Gasteiger partial charge in [-0.2, -0.15) is 0 Å². The fourth-order valence-corrected chi connectivity index (χ4v) is 2.22. The zero-order valence-electron chi connectivity index (χ0n) is 12.4. The van der Waals surface area contributed by atoms with E-state index in [1.807, 2.05) is 63.4 Å². The molecule has 2 rings (SSSR count). The van der Waals surface area contributed by atoms with Crippen molar-refractivity contribution in [3.8, 4) is 0 Å². The molecular formula is C17H20N2O. The summed E-state index contributed by atoms with van der Waals surface area (Å²) in [6.45, 7) is 4.02. The molecule has 104 valence electrons. The Morgan fingerprint density at radius 1 is 1.10 bits per heavy atom. The standard InChI is InChI=1S/C17H20N2O/c1-12-6-5-7-15(10-12)19(4)17(20)14-8-9-16(18-3)13(2)11-14/h5-11,18H,1-4H3. The van der Waals surface area contributed by atoms with Gasteiger partial charge in [0.2, 0.25) is 0 Å². The van der Waals surface area contributed by atoms with Gasteiger partial charge in [-0.1, -0.05) is 12.1 Å². The summed E-state index contributed by atoms with van der Waals surface area (Å²) in [6, 6.07) is 13.6. The predicted molar refractivity (Wildman–Crippen MR) is 84.6 cm³/mol. The largest absolute Gasteiger partial charge is 0.388 e. The van der Waals surface area contributed by atoms with Gasteiger partial charge in [-0.3, -0.25) is 4.79 Å². The van der Waals surface area contributed by atoms with E-state index in [0.29, 0.717) is 5.56 Å². The Morgan fingerprint density at radius 3 is 2.45 bits per heavy atom. The Kier molecular flexibility index (Phi) is 4.08. The highest BCUT2D eigenvalue weighted by Gasteiger charge is 2.14. The van der Waals surface area contributed by atoms with Crippen LogP contribution in [-0.4, -0.2) is 20.0 Å². The highest BCUT2D eigenvalue weighted by atomic mass is 16.2. The van der Waals surface area contributed by atoms with E-state index >= 15 is 0 Å². The third-order valence-corrected chi connectivity index (χ3v) is 3.44. The first-order chi connectivity index (χ1) is 9.52. The normalized spacial score (nSPS) is 10.2. The summed E-state index contributed by atoms with van der Waals surface area (Å²) in [4.78, 5) is 14.2. The molecule has 0 radical (unpaired) electrons. The highest BCUT2D eigenvalue weighted by molar-refractivity contribution is 6.06. The average Bonchev–Trinajstić information content (AvgIpc) is 2.45. The quantitative estimate of drug-likeness (QED) is 0.922. The average molecular weight is 268 g/mol. The van der Waals surface area contributed by atoms with E-state index in [-0.39, 0.29) is 5.91 Å². The number of aryl methyl sites for hydroxylation is 2. The van der Waals surface area contributed by atoms with Crippen LogP contribution >= 0.6 is 0 Å². The van der Waals surface area contributed by atoms with Crippen molar-refractivity contribution in [2.45, 2.75) is 13.8 Å². The van der Waals surface area contributed by atoms with Crippen molar-refractivity contribution < 1.29 is 4.79 Å². The van der Waals surface area contributed by atoms with Gasteiger partial charge >= 0.3 is 0 Å². The maximum absolute atomic E-state index is 12.5. The minimum atomic E-state index is 0.00125. The van der Waals surface area contributed by atoms with Crippen LogP contribution in [0.4, 0.5) is 11.4 Å². The molecule has 0 saturated carbocycles. The van der Waals surface area contributed by atoms with E-state index in [0.717, 1.165) is 22.5 Å². The molecular weight excluding hydrogens is 248 g/mol. The number of nitrogens with zero attached hydrogens (tertiary/aromatic N) is 1. The van der Waals surface area contributed by atoms with Gasteiger partial charge < -0.3 is 10.2 Å². The Balaban J connectivity index is 2.29. The van der Waals surface area contributed by atoms with Crippen LogP contribution in [0.5, 0.6) is 0 Å². The van der Waals surface area contributed by atoms with Crippen molar-refractivity contribution >= 4 is 17.3 Å². The highest BCUT2D eigenvalue weighted by Crippen LogP contribution is 2.20. The summed E-state index contributed by atoms with van der Waals surface area (Å²) >= 11 is 0. The molecule has 0 heterocycles. The summed E-state index contributed by atoms with van der Waals surface area (Å²) < 4.78 is 0. The van der Waals surface area contributed by atoms with Gasteiger partial charge in [0, 0.05) is 31.0 Å². The van der Waals surface area contributed by atoms with Crippen LogP contribution in [0.2, 0.25) is 0 Å². The number of hydrogen-bond acceptors (Lipinski definition) is 2. The molecule has 0 fully saturated rings. The van der Waals surface area contributed by atoms with Crippen LogP contribution in [0.3, 0.4) is 0 Å². The number of amides is 1. The molecule has 0 atom stereocenters. The van der Waals surface area contributed by atoms with Crippen molar-refractivity contribution in [2.24, 2.45) is 0 Å². The fraction of sp³-hybridized carbons (Fsp3) is 0.235. The molecule has 2 aromatic carbocycles. The zero-order valence-corrected chi connectivity index (χ0v) is 12.4. The van der Waals surface area contributed by atoms with Crippen LogP contribution < -0.4 is 10.2 Å². The summed E-state index contributed by atoms with van der Waals surface area (Å²) in [7, 11) is 3.68. The summed E-state index contributed by atoms with van der Waals surface area (Å²) in [5.74, 6) is 0.00125. The summed E-state index contributed by atoms with van der Waals surface area (Å²) in [5.41, 5.74) is 4.86. The van der Waals surface area contributed by atoms with Gasteiger partial charge in [0.1, 0.15) is 0 Å². The molecule has 0 aliphatic carbocycles. The maximum Gasteiger partial charge on any atom is 0.258 e. The Hall–Kier alpha value is -2.29. The van der Waals surface area contributed by atoms with Crippen LogP contribution in [0, 0.1) is 13.8 Å². The molecule has 0 saturated heterocycles. The van der Waals surface area contributed by atoms with Crippen molar-refractivity contribution in [2.75, 3.05) is 24.3 Å². The van der Waals surface area contributed by atoms with Crippen molar-refractivity contribution in [1.29, 1.82) is 0 Å². The number of hydrogen-bond donors (Lipinski definition) is 1. The zero-order chi connectivity index (χ0) is 14.7. The van der Waals surface area contributed by atoms with Gasteiger partial charge in [-0.15, -0.1) is 0 Å². The van der Waals surface area contributed by atoms with E-state index in [2.05, 4.69) is 5.32 Å². The van der Waals surface area contributed by atoms with Crippen molar-refractivity contribution in [1.82, 2.24) is 0 Å². The first-order valence-electron chi connectivity index (χ1n) is 6.66. The van der Waals surface area contributed by atoms with Crippen LogP contribution in [0.25, 0.3) is 0 Å².